The summed E-state index contributed by atoms with van der Waals surface area (Å²) in [6.07, 6.45) is 9.11. The molecule has 0 radical (unpaired) electrons. The maximum absolute atomic E-state index is 6.39. The average Bonchev–Trinajstić information content (AvgIpc) is 3.15. The fraction of sp³-hybridized carbons (Fsp3) is 0.100. The van der Waals surface area contributed by atoms with Gasteiger partial charge in [0.15, 0.2) is 0 Å². The Balaban J connectivity index is 2.32. The van der Waals surface area contributed by atoms with Crippen LogP contribution in [-0.4, -0.2) is 29.3 Å². The number of hydrogen-bond acceptors (Lipinski definition) is 3. The standard InChI is InChI=1S/C10H6Cl3N6.2ClH.Mn/c11-7-1-14-17(4-7)10(18-5-8(12)2-15-18)19-6-9(13)3-16-19;;;/h1-6H;2*1H;/q;;;+2/p-2. The van der Waals surface area contributed by atoms with Gasteiger partial charge in [0.2, 0.25) is 0 Å². The van der Waals surface area contributed by atoms with Crippen LogP contribution in [0.5, 0.6) is 0 Å². The molecule has 3 heterocycles. The topological polar surface area (TPSA) is 53.5 Å². The van der Waals surface area contributed by atoms with Crippen molar-refractivity contribution in [3.63, 3.8) is 0 Å². The van der Waals surface area contributed by atoms with E-state index in [1.54, 1.807) is 18.6 Å². The Hall–Kier alpha value is -0.401. The van der Waals surface area contributed by atoms with E-state index in [2.05, 4.69) is 15.3 Å². The fourth-order valence-corrected chi connectivity index (χ4v) is 4.95. The molecule has 6 nitrogen and oxygen atoms in total. The van der Waals surface area contributed by atoms with Crippen LogP contribution in [-0.2, 0) is 16.8 Å². The SMILES string of the molecule is Clc1cnn([C](n2cc(Cl)cn2)(n2cc(Cl)cn2)[Mn]([Cl])[Cl])c1. The zero-order valence-electron chi connectivity index (χ0n) is 10.4. The molecular formula is C10H6Cl5MnN6. The third-order valence-corrected chi connectivity index (χ3v) is 6.30. The fourth-order valence-electron chi connectivity index (χ4n) is 1.88. The molecule has 0 aliphatic carbocycles. The molecule has 0 amide bonds. The van der Waals surface area contributed by atoms with Crippen LogP contribution < -0.4 is 0 Å². The number of hydrogen-bond donors (Lipinski definition) is 0. The summed E-state index contributed by atoms with van der Waals surface area (Å²) in [6, 6.07) is 0. The molecule has 0 N–H and O–H groups in total. The predicted molar refractivity (Wildman–Crippen MR) is 82.2 cm³/mol. The van der Waals surface area contributed by atoms with E-state index in [9.17, 15) is 0 Å². The van der Waals surface area contributed by atoms with Crippen molar-refractivity contribution in [1.29, 1.82) is 0 Å². The Morgan fingerprint density at radius 1 is 0.727 bits per heavy atom. The van der Waals surface area contributed by atoms with E-state index in [0.717, 1.165) is 0 Å². The van der Waals surface area contributed by atoms with Crippen LogP contribution in [0.4, 0.5) is 0 Å². The molecule has 3 aromatic heterocycles. The molecule has 0 bridgehead atoms. The van der Waals surface area contributed by atoms with Gasteiger partial charge in [-0.05, 0) is 0 Å². The van der Waals surface area contributed by atoms with Gasteiger partial charge in [-0.1, -0.05) is 0 Å². The number of halogens is 5. The number of nitrogens with zero attached hydrogens (tertiary/aromatic N) is 6. The van der Waals surface area contributed by atoms with Gasteiger partial charge in [-0.15, -0.1) is 0 Å². The second-order valence-corrected chi connectivity index (χ2v) is 9.73. The molecule has 22 heavy (non-hydrogen) atoms. The van der Waals surface area contributed by atoms with Crippen LogP contribution in [0.15, 0.2) is 37.2 Å². The summed E-state index contributed by atoms with van der Waals surface area (Å²) in [5.74, 6) is 0. The van der Waals surface area contributed by atoms with Crippen LogP contribution >= 0.6 is 55.0 Å². The molecule has 0 unspecified atom stereocenters. The molecular weight excluding hydrogens is 436 g/mol. The van der Waals surface area contributed by atoms with Gasteiger partial charge >= 0.3 is 153 Å². The summed E-state index contributed by atoms with van der Waals surface area (Å²) in [7, 11) is 12.8. The monoisotopic (exact) mass is 440 g/mol. The van der Waals surface area contributed by atoms with Crippen molar-refractivity contribution in [2.45, 2.75) is 4.69 Å². The second-order valence-electron chi connectivity index (χ2n) is 4.06. The minimum atomic E-state index is -2.20. The van der Waals surface area contributed by atoms with Crippen LogP contribution in [0.3, 0.4) is 0 Å². The zero-order valence-corrected chi connectivity index (χ0v) is 15.4. The average molecular weight is 442 g/mol. The molecule has 0 fully saturated rings. The number of aromatic nitrogens is 6. The first kappa shape index (κ1) is 16.5. The molecule has 0 aliphatic rings. The molecule has 0 saturated heterocycles. The summed E-state index contributed by atoms with van der Waals surface area (Å²) in [6.45, 7) is 0. The first-order valence-corrected chi connectivity index (χ1v) is 10.6. The van der Waals surface area contributed by atoms with Crippen molar-refractivity contribution >= 4 is 55.0 Å². The third kappa shape index (κ3) is 2.65. The second kappa shape index (κ2) is 6.24. The Bertz CT molecular complexity index is 697. The molecule has 3 aromatic rings. The van der Waals surface area contributed by atoms with E-state index in [0.29, 0.717) is 15.1 Å². The Labute approximate surface area is 152 Å². The van der Waals surface area contributed by atoms with E-state index in [4.69, 9.17) is 55.0 Å². The molecule has 0 aromatic carbocycles. The van der Waals surface area contributed by atoms with Gasteiger partial charge in [0.25, 0.3) is 0 Å². The maximum atomic E-state index is 6.39. The first-order valence-electron chi connectivity index (χ1n) is 5.59. The molecule has 12 heteroatoms. The molecule has 0 spiro atoms. The molecule has 3 rings (SSSR count). The summed E-state index contributed by atoms with van der Waals surface area (Å²) < 4.78 is 3.19. The van der Waals surface area contributed by atoms with E-state index in [1.807, 2.05) is 0 Å². The van der Waals surface area contributed by atoms with Gasteiger partial charge in [-0.2, -0.15) is 0 Å². The molecule has 0 aliphatic heterocycles. The van der Waals surface area contributed by atoms with E-state index in [-0.39, 0.29) is 0 Å². The Morgan fingerprint density at radius 3 is 1.23 bits per heavy atom. The summed E-state index contributed by atoms with van der Waals surface area (Å²) >= 11 is 15.8. The van der Waals surface area contributed by atoms with Gasteiger partial charge in [0.1, 0.15) is 0 Å². The number of rotatable bonds is 4. The molecule has 0 saturated carbocycles. The van der Waals surface area contributed by atoms with Gasteiger partial charge in [0.05, 0.1) is 0 Å². The normalized spacial score (nSPS) is 12.7. The van der Waals surface area contributed by atoms with Crippen molar-refractivity contribution in [1.82, 2.24) is 29.3 Å². The first-order chi connectivity index (χ1) is 10.4. The quantitative estimate of drug-likeness (QED) is 0.578. The zero-order chi connectivity index (χ0) is 15.9. The Morgan fingerprint density at radius 2 is 1.05 bits per heavy atom. The summed E-state index contributed by atoms with van der Waals surface area (Å²) in [5.41, 5.74) is 0. The van der Waals surface area contributed by atoms with Crippen molar-refractivity contribution in [3.8, 4) is 0 Å². The summed E-state index contributed by atoms with van der Waals surface area (Å²) in [4.78, 5) is 0. The van der Waals surface area contributed by atoms with Gasteiger partial charge < -0.3 is 0 Å². The van der Waals surface area contributed by atoms with Gasteiger partial charge in [0, 0.05) is 0 Å². The van der Waals surface area contributed by atoms with Crippen molar-refractivity contribution in [3.05, 3.63) is 52.2 Å². The van der Waals surface area contributed by atoms with Gasteiger partial charge in [-0.25, -0.2) is 0 Å². The van der Waals surface area contributed by atoms with Crippen LogP contribution in [0.2, 0.25) is 15.1 Å². The van der Waals surface area contributed by atoms with Crippen LogP contribution in [0, 0.1) is 0 Å². The van der Waals surface area contributed by atoms with Crippen LogP contribution in [0.25, 0.3) is 0 Å². The third-order valence-electron chi connectivity index (χ3n) is 2.72. The van der Waals surface area contributed by atoms with Gasteiger partial charge in [-0.3, -0.25) is 0 Å². The predicted octanol–water partition coefficient (Wildman–Crippen LogP) is 3.83. The molecule has 0 atom stereocenters. The van der Waals surface area contributed by atoms with Crippen molar-refractivity contribution in [2.75, 3.05) is 0 Å². The van der Waals surface area contributed by atoms with E-state index >= 15 is 0 Å². The minimum absolute atomic E-state index is 0.415. The van der Waals surface area contributed by atoms with Crippen LogP contribution in [0.1, 0.15) is 0 Å². The molecule has 118 valence electrons. The Kier molecular flexibility index (Phi) is 4.67. The van der Waals surface area contributed by atoms with Crippen molar-refractivity contribution < 1.29 is 12.1 Å². The van der Waals surface area contributed by atoms with Crippen molar-refractivity contribution in [2.24, 2.45) is 0 Å². The van der Waals surface area contributed by atoms with E-state index in [1.165, 1.54) is 32.6 Å². The van der Waals surface area contributed by atoms with E-state index < -0.39 is 16.8 Å². The summed E-state index contributed by atoms with van der Waals surface area (Å²) in [5, 5.41) is 13.9.